The van der Waals surface area contributed by atoms with Gasteiger partial charge in [-0.15, -0.1) is 0 Å². The fourth-order valence-corrected chi connectivity index (χ4v) is 3.03. The largest absolute Gasteiger partial charge is 0.494 e. The molecule has 1 aliphatic carbocycles. The van der Waals surface area contributed by atoms with Gasteiger partial charge in [0.25, 0.3) is 0 Å². The summed E-state index contributed by atoms with van der Waals surface area (Å²) in [5, 5.41) is 9.04. The maximum absolute atomic E-state index is 15.7. The molecule has 0 heterocycles. The Morgan fingerprint density at radius 3 is 2.76 bits per heavy atom. The van der Waals surface area contributed by atoms with Crippen LogP contribution in [-0.4, -0.2) is 6.61 Å². The van der Waals surface area contributed by atoms with E-state index < -0.39 is 11.5 Å². The smallest absolute Gasteiger partial charge is 0.192 e. The van der Waals surface area contributed by atoms with Crippen LogP contribution in [0.2, 0.25) is 0 Å². The van der Waals surface area contributed by atoms with Gasteiger partial charge >= 0.3 is 0 Å². The number of hydrogen-bond acceptors (Lipinski definition) is 2. The first-order chi connectivity index (χ1) is 12.1. The molecule has 25 heavy (non-hydrogen) atoms. The van der Waals surface area contributed by atoms with E-state index >= 15 is 4.39 Å². The average molecular weight is 337 g/mol. The zero-order valence-electron chi connectivity index (χ0n) is 13.8. The molecule has 126 valence electrons. The third-order valence-electron chi connectivity index (χ3n) is 4.20. The molecule has 1 aliphatic rings. The number of ether oxygens (including phenoxy) is 1. The van der Waals surface area contributed by atoms with E-state index in [4.69, 9.17) is 10.00 Å². The van der Waals surface area contributed by atoms with Crippen LogP contribution >= 0.6 is 0 Å². The molecule has 0 fully saturated rings. The molecule has 0 aromatic heterocycles. The molecular formula is C21H17F2NO. The van der Waals surface area contributed by atoms with E-state index in [9.17, 15) is 4.39 Å². The van der Waals surface area contributed by atoms with Gasteiger partial charge in [-0.25, -0.2) is 8.78 Å². The summed E-state index contributed by atoms with van der Waals surface area (Å²) in [5.74, 6) is -0.370. The highest BCUT2D eigenvalue weighted by atomic mass is 19.2. The van der Waals surface area contributed by atoms with Gasteiger partial charge in [0.2, 0.25) is 0 Å². The first-order valence-corrected chi connectivity index (χ1v) is 8.08. The van der Waals surface area contributed by atoms with Crippen molar-refractivity contribution in [3.05, 3.63) is 77.6 Å². The second-order valence-electron chi connectivity index (χ2n) is 5.75. The van der Waals surface area contributed by atoms with Gasteiger partial charge < -0.3 is 4.74 Å². The molecule has 0 amide bonds. The minimum atomic E-state index is -2.35. The molecule has 0 bridgehead atoms. The third kappa shape index (κ3) is 3.06. The number of nitrogens with zero attached hydrogens (tertiary/aromatic N) is 1. The summed E-state index contributed by atoms with van der Waals surface area (Å²) in [6, 6.07) is 15.8. The molecule has 0 N–H and O–H groups in total. The van der Waals surface area contributed by atoms with Crippen molar-refractivity contribution in [1.82, 2.24) is 0 Å². The van der Waals surface area contributed by atoms with E-state index in [0.29, 0.717) is 17.9 Å². The Morgan fingerprint density at radius 2 is 2.00 bits per heavy atom. The van der Waals surface area contributed by atoms with Crippen LogP contribution in [0.4, 0.5) is 8.78 Å². The summed E-state index contributed by atoms with van der Waals surface area (Å²) in [6.45, 7) is 2.40. The first kappa shape index (κ1) is 16.9. The van der Waals surface area contributed by atoms with Gasteiger partial charge in [-0.2, -0.15) is 5.26 Å². The van der Waals surface area contributed by atoms with Crippen molar-refractivity contribution in [2.75, 3.05) is 6.61 Å². The third-order valence-corrected chi connectivity index (χ3v) is 4.20. The number of halogens is 2. The molecule has 4 heteroatoms. The fraction of sp³-hybridized carbons (Fsp3) is 0.190. The van der Waals surface area contributed by atoms with Crippen molar-refractivity contribution in [3.8, 4) is 22.9 Å². The first-order valence-electron chi connectivity index (χ1n) is 8.08. The quantitative estimate of drug-likeness (QED) is 0.725. The lowest BCUT2D eigenvalue weighted by Crippen LogP contribution is -2.24. The monoisotopic (exact) mass is 337 g/mol. The maximum Gasteiger partial charge on any atom is 0.192 e. The highest BCUT2D eigenvalue weighted by Crippen LogP contribution is 2.46. The Hall–Kier alpha value is -2.93. The average Bonchev–Trinajstić information content (AvgIpc) is 2.64. The summed E-state index contributed by atoms with van der Waals surface area (Å²) >= 11 is 0. The van der Waals surface area contributed by atoms with Crippen LogP contribution in [0, 0.1) is 11.3 Å². The lowest BCUT2D eigenvalue weighted by Gasteiger charge is -2.28. The molecule has 0 radical (unpaired) electrons. The molecule has 2 nitrogen and oxygen atoms in total. The molecule has 1 atom stereocenters. The van der Waals surface area contributed by atoms with Crippen molar-refractivity contribution in [1.29, 1.82) is 5.26 Å². The minimum absolute atomic E-state index is 0.147. The van der Waals surface area contributed by atoms with Crippen LogP contribution in [0.1, 0.15) is 18.9 Å². The van der Waals surface area contributed by atoms with Crippen LogP contribution < -0.4 is 4.74 Å². The van der Waals surface area contributed by atoms with Gasteiger partial charge in [0.1, 0.15) is 11.8 Å². The molecule has 0 aliphatic heterocycles. The molecule has 2 aromatic rings. The lowest BCUT2D eigenvalue weighted by atomic mass is 9.81. The van der Waals surface area contributed by atoms with Crippen LogP contribution in [0.25, 0.3) is 11.1 Å². The second kappa shape index (κ2) is 6.90. The number of alkyl halides is 1. The lowest BCUT2D eigenvalue weighted by molar-refractivity contribution is 0.176. The van der Waals surface area contributed by atoms with Crippen molar-refractivity contribution in [3.63, 3.8) is 0 Å². The Bertz CT molecular complexity index is 895. The molecular weight excluding hydrogens is 320 g/mol. The van der Waals surface area contributed by atoms with Gasteiger partial charge in [0.05, 0.1) is 12.2 Å². The summed E-state index contributed by atoms with van der Waals surface area (Å²) in [7, 11) is 0. The number of benzene rings is 2. The molecule has 3 rings (SSSR count). The molecule has 0 saturated heterocycles. The Kier molecular flexibility index (Phi) is 4.67. The van der Waals surface area contributed by atoms with Gasteiger partial charge in [0.15, 0.2) is 11.5 Å². The van der Waals surface area contributed by atoms with Crippen LogP contribution in [0.15, 0.2) is 72.1 Å². The van der Waals surface area contributed by atoms with E-state index in [1.807, 2.05) is 25.1 Å². The normalized spacial score (nSPS) is 19.6. The van der Waals surface area contributed by atoms with Gasteiger partial charge in [-0.3, -0.25) is 0 Å². The van der Waals surface area contributed by atoms with Crippen LogP contribution in [0.3, 0.4) is 0 Å². The Labute approximate surface area is 145 Å². The second-order valence-corrected chi connectivity index (χ2v) is 5.75. The number of hydrogen-bond donors (Lipinski definition) is 0. The SMILES string of the molecule is CCOc1cccc(-c2ccccc2C2(F)CC=CC(C#N)=C2F)c1. The molecule has 2 aromatic carbocycles. The van der Waals surface area contributed by atoms with Crippen molar-refractivity contribution in [2.45, 2.75) is 19.0 Å². The summed E-state index contributed by atoms with van der Waals surface area (Å²) in [5.41, 5.74) is -1.10. The van der Waals surface area contributed by atoms with Crippen molar-refractivity contribution in [2.24, 2.45) is 0 Å². The predicted octanol–water partition coefficient (Wildman–Crippen LogP) is 5.62. The van der Waals surface area contributed by atoms with E-state index in [2.05, 4.69) is 0 Å². The van der Waals surface area contributed by atoms with E-state index in [1.165, 1.54) is 12.2 Å². The Morgan fingerprint density at radius 1 is 1.20 bits per heavy atom. The molecule has 1 unspecified atom stereocenters. The highest BCUT2D eigenvalue weighted by Gasteiger charge is 2.41. The number of allylic oxidation sites excluding steroid dienone is 4. The fourth-order valence-electron chi connectivity index (χ4n) is 3.03. The van der Waals surface area contributed by atoms with Crippen LogP contribution in [-0.2, 0) is 5.67 Å². The van der Waals surface area contributed by atoms with Crippen LogP contribution in [0.5, 0.6) is 5.75 Å². The minimum Gasteiger partial charge on any atom is -0.494 e. The summed E-state index contributed by atoms with van der Waals surface area (Å²) in [6.07, 6.45) is 2.67. The molecule has 0 spiro atoms. The standard InChI is InChI=1S/C21H17F2NO/c1-2-25-17-9-5-7-15(13-17)18-10-3-4-11-19(18)21(23)12-6-8-16(14-24)20(21)22/h3-11,13H,2,12H2,1H3. The van der Waals surface area contributed by atoms with E-state index in [1.54, 1.807) is 36.4 Å². The van der Waals surface area contributed by atoms with Gasteiger partial charge in [0, 0.05) is 12.0 Å². The predicted molar refractivity (Wildman–Crippen MR) is 93.3 cm³/mol. The summed E-state index contributed by atoms with van der Waals surface area (Å²) in [4.78, 5) is 0. The van der Waals surface area contributed by atoms with E-state index in [-0.39, 0.29) is 17.6 Å². The van der Waals surface area contributed by atoms with Crippen molar-refractivity contribution < 1.29 is 13.5 Å². The topological polar surface area (TPSA) is 33.0 Å². The zero-order chi connectivity index (χ0) is 17.9. The van der Waals surface area contributed by atoms with E-state index in [0.717, 1.165) is 5.56 Å². The molecule has 0 saturated carbocycles. The van der Waals surface area contributed by atoms with Gasteiger partial charge in [-0.1, -0.05) is 42.5 Å². The summed E-state index contributed by atoms with van der Waals surface area (Å²) < 4.78 is 35.9. The maximum atomic E-state index is 15.7. The highest BCUT2D eigenvalue weighted by molar-refractivity contribution is 5.71. The van der Waals surface area contributed by atoms with Crippen molar-refractivity contribution >= 4 is 0 Å². The Balaban J connectivity index is 2.15. The number of rotatable bonds is 4. The number of nitriles is 1. The van der Waals surface area contributed by atoms with Gasteiger partial charge in [-0.05, 0) is 36.3 Å². The zero-order valence-corrected chi connectivity index (χ0v) is 13.8.